The molecule has 6 rings (SSSR count). The minimum absolute atomic E-state index is 0.104. The Kier molecular flexibility index (Phi) is 11.2. The number of fused-ring (bicyclic) bond motifs is 2. The van der Waals surface area contributed by atoms with E-state index >= 15 is 26.3 Å². The van der Waals surface area contributed by atoms with Crippen LogP contribution in [0.5, 0.6) is 5.75 Å². The predicted octanol–water partition coefficient (Wildman–Crippen LogP) is 13.8. The molecule has 1 fully saturated rings. The molecule has 1 aliphatic rings. The third kappa shape index (κ3) is 8.30. The molecule has 284 valence electrons. The van der Waals surface area contributed by atoms with Crippen molar-refractivity contribution >= 4 is 21.5 Å². The maximum atomic E-state index is 15.6. The Morgan fingerprint density at radius 3 is 2.09 bits per heavy atom. The van der Waals surface area contributed by atoms with Gasteiger partial charge in [-0.1, -0.05) is 63.1 Å². The Morgan fingerprint density at radius 2 is 1.41 bits per heavy atom. The maximum Gasteiger partial charge on any atom is 0.458 e. The lowest BCUT2D eigenvalue weighted by atomic mass is 9.76. The zero-order chi connectivity index (χ0) is 38.9. The average Bonchev–Trinajstić information content (AvgIpc) is 3.09. The minimum Gasteiger partial charge on any atom is -0.429 e. The summed E-state index contributed by atoms with van der Waals surface area (Å²) in [5.41, 5.74) is -2.92. The van der Waals surface area contributed by atoms with Crippen molar-refractivity contribution in [1.29, 1.82) is 0 Å². The van der Waals surface area contributed by atoms with E-state index in [0.29, 0.717) is 30.0 Å². The number of unbranched alkanes of at least 4 members (excludes halogenated alkanes) is 3. The Labute approximate surface area is 304 Å². The van der Waals surface area contributed by atoms with Crippen LogP contribution in [-0.2, 0) is 6.11 Å². The second-order valence-corrected chi connectivity index (χ2v) is 13.7. The average molecular weight is 763 g/mol. The fourth-order valence-electron chi connectivity index (χ4n) is 7.32. The van der Waals surface area contributed by atoms with E-state index in [1.807, 2.05) is 0 Å². The zero-order valence-electron chi connectivity index (χ0n) is 28.9. The van der Waals surface area contributed by atoms with Crippen LogP contribution in [0.25, 0.3) is 32.7 Å². The van der Waals surface area contributed by atoms with Crippen LogP contribution in [-0.4, -0.2) is 6.18 Å². The highest BCUT2D eigenvalue weighted by Gasteiger charge is 2.42. The summed E-state index contributed by atoms with van der Waals surface area (Å²) in [6.45, 7) is 2.17. The van der Waals surface area contributed by atoms with Crippen molar-refractivity contribution in [2.45, 2.75) is 82.9 Å². The van der Waals surface area contributed by atoms with E-state index in [-0.39, 0.29) is 22.3 Å². The first-order chi connectivity index (χ1) is 25.6. The molecule has 1 nitrogen and oxygen atoms in total. The smallest absolute Gasteiger partial charge is 0.429 e. The van der Waals surface area contributed by atoms with E-state index in [0.717, 1.165) is 55.5 Å². The topological polar surface area (TPSA) is 9.23 Å². The number of alkyl halides is 5. The van der Waals surface area contributed by atoms with E-state index in [1.54, 1.807) is 12.1 Å². The van der Waals surface area contributed by atoms with E-state index in [2.05, 4.69) is 11.7 Å². The third-order valence-electron chi connectivity index (χ3n) is 10.0. The first kappa shape index (κ1) is 38.9. The number of hydrogen-bond acceptors (Lipinski definition) is 1. The predicted molar refractivity (Wildman–Crippen MR) is 184 cm³/mol. The molecule has 0 N–H and O–H groups in total. The number of benzene rings is 5. The number of rotatable bonds is 10. The van der Waals surface area contributed by atoms with Gasteiger partial charge >= 0.3 is 12.3 Å². The van der Waals surface area contributed by atoms with Crippen molar-refractivity contribution in [1.82, 2.24) is 0 Å². The summed E-state index contributed by atoms with van der Waals surface area (Å²) in [6, 6.07) is 9.58. The Balaban J connectivity index is 1.21. The van der Waals surface area contributed by atoms with Gasteiger partial charge in [0.2, 0.25) is 0 Å². The van der Waals surface area contributed by atoms with Crippen molar-refractivity contribution in [3.05, 3.63) is 112 Å². The summed E-state index contributed by atoms with van der Waals surface area (Å²) in [5, 5.41) is -1.57. The molecule has 0 heterocycles. The van der Waals surface area contributed by atoms with Gasteiger partial charge in [0.25, 0.3) is 0 Å². The number of halogens is 11. The van der Waals surface area contributed by atoms with Gasteiger partial charge in [-0.25, -0.2) is 26.3 Å². The first-order valence-corrected chi connectivity index (χ1v) is 17.6. The molecule has 0 bridgehead atoms. The van der Waals surface area contributed by atoms with Crippen LogP contribution in [0.4, 0.5) is 48.3 Å². The zero-order valence-corrected chi connectivity index (χ0v) is 28.9. The Hall–Kier alpha value is -4.79. The summed E-state index contributed by atoms with van der Waals surface area (Å²) in [4.78, 5) is 0. The molecule has 5 aromatic rings. The lowest BCUT2D eigenvalue weighted by Gasteiger charge is -2.29. The first-order valence-electron chi connectivity index (χ1n) is 17.6. The van der Waals surface area contributed by atoms with Gasteiger partial charge in [-0.3, -0.25) is 0 Å². The highest BCUT2D eigenvalue weighted by molar-refractivity contribution is 5.90. The van der Waals surface area contributed by atoms with Crippen LogP contribution in [0.2, 0.25) is 0 Å². The van der Waals surface area contributed by atoms with Gasteiger partial charge < -0.3 is 4.74 Å². The van der Waals surface area contributed by atoms with E-state index in [4.69, 9.17) is 0 Å². The highest BCUT2D eigenvalue weighted by atomic mass is 19.4. The third-order valence-corrected chi connectivity index (χ3v) is 10.0. The molecule has 0 spiro atoms. The van der Waals surface area contributed by atoms with Crippen molar-refractivity contribution in [3.8, 4) is 28.7 Å². The SMILES string of the molecule is CCCCCCC1CCC(c2ccc3c(F)c(C(F)(F)Oc4ccc(-c5cc(F)c6c(F)c(C#CC(F)(F)F)c(F)cc6c5)c(F)c4)c(F)cc3c2)CC1. The fraction of sp³-hybridized carbons (Fsp3) is 0.333. The van der Waals surface area contributed by atoms with Crippen LogP contribution < -0.4 is 4.74 Å². The highest BCUT2D eigenvalue weighted by Crippen LogP contribution is 2.42. The van der Waals surface area contributed by atoms with E-state index < -0.39 is 80.4 Å². The van der Waals surface area contributed by atoms with Crippen molar-refractivity contribution < 1.29 is 53.0 Å². The van der Waals surface area contributed by atoms with Crippen molar-refractivity contribution in [3.63, 3.8) is 0 Å². The van der Waals surface area contributed by atoms with Crippen LogP contribution in [0.3, 0.4) is 0 Å². The van der Waals surface area contributed by atoms with Crippen molar-refractivity contribution in [2.24, 2.45) is 5.92 Å². The minimum atomic E-state index is -5.08. The molecule has 1 saturated carbocycles. The van der Waals surface area contributed by atoms with Gasteiger partial charge in [0.15, 0.2) is 5.82 Å². The Morgan fingerprint density at radius 1 is 0.685 bits per heavy atom. The second kappa shape index (κ2) is 15.5. The molecule has 0 saturated heterocycles. The Bertz CT molecular complexity index is 2260. The fourth-order valence-corrected chi connectivity index (χ4v) is 7.32. The standard InChI is InChI=1S/C42H33F11O/c1-2-3-4-5-6-23-7-9-24(10-8-23)25-11-13-31-27(17-25)20-36(46)38(40(31)48)42(52,53)54-29-12-14-30(34(44)22-29)26-18-28-21-33(43)32(15-16-41(49,50)51)39(47)37(28)35(45)19-26/h11-14,17-24H,2-10H2,1H3. The van der Waals surface area contributed by atoms with Gasteiger partial charge in [0.1, 0.15) is 40.4 Å². The number of ether oxygens (including phenoxy) is 1. The van der Waals surface area contributed by atoms with Gasteiger partial charge in [-0.2, -0.15) is 22.0 Å². The van der Waals surface area contributed by atoms with Gasteiger partial charge in [-0.15, -0.1) is 0 Å². The molecule has 0 aromatic heterocycles. The van der Waals surface area contributed by atoms with Crippen LogP contribution in [0.1, 0.15) is 87.3 Å². The van der Waals surface area contributed by atoms with Crippen LogP contribution in [0.15, 0.2) is 60.7 Å². The molecular weight excluding hydrogens is 729 g/mol. The molecule has 5 aromatic carbocycles. The molecule has 54 heavy (non-hydrogen) atoms. The van der Waals surface area contributed by atoms with Gasteiger partial charge in [-0.05, 0) is 95.8 Å². The van der Waals surface area contributed by atoms with E-state index in [1.165, 1.54) is 44.1 Å². The monoisotopic (exact) mass is 762 g/mol. The molecule has 0 atom stereocenters. The summed E-state index contributed by atoms with van der Waals surface area (Å²) in [6.07, 6.45) is 0.249. The lowest BCUT2D eigenvalue weighted by Crippen LogP contribution is -2.25. The molecule has 1 aliphatic carbocycles. The van der Waals surface area contributed by atoms with Crippen molar-refractivity contribution in [2.75, 3.05) is 0 Å². The summed E-state index contributed by atoms with van der Waals surface area (Å²) in [7, 11) is 0. The normalized spacial score (nSPS) is 16.4. The summed E-state index contributed by atoms with van der Waals surface area (Å²) < 4.78 is 163. The second-order valence-electron chi connectivity index (χ2n) is 13.7. The van der Waals surface area contributed by atoms with Gasteiger partial charge in [0.05, 0.1) is 10.9 Å². The van der Waals surface area contributed by atoms with E-state index in [9.17, 15) is 22.0 Å². The number of hydrogen-bond donors (Lipinski definition) is 0. The molecule has 0 radical (unpaired) electrons. The molecule has 0 unspecified atom stereocenters. The molecular formula is C42H33F11O. The lowest BCUT2D eigenvalue weighted by molar-refractivity contribution is -0.189. The molecule has 12 heteroatoms. The van der Waals surface area contributed by atoms with Crippen LogP contribution >= 0.6 is 0 Å². The maximum absolute atomic E-state index is 15.6. The summed E-state index contributed by atoms with van der Waals surface area (Å²) in [5.74, 6) is -7.09. The molecule has 0 aliphatic heterocycles. The quantitative estimate of drug-likeness (QED) is 0.0782. The van der Waals surface area contributed by atoms with Gasteiger partial charge in [0, 0.05) is 22.9 Å². The largest absolute Gasteiger partial charge is 0.458 e. The summed E-state index contributed by atoms with van der Waals surface area (Å²) >= 11 is 0. The molecule has 0 amide bonds. The van der Waals surface area contributed by atoms with Crippen LogP contribution in [0, 0.1) is 52.7 Å².